The zero-order valence-electron chi connectivity index (χ0n) is 9.90. The maximum Gasteiger partial charge on any atom is 0.222 e. The molecule has 1 aliphatic carbocycles. The molecule has 1 aliphatic rings. The average Bonchev–Trinajstić information content (AvgIpc) is 2.57. The van der Waals surface area contributed by atoms with E-state index in [0.29, 0.717) is 5.95 Å². The molecular weight excluding hydrogens is 210 g/mol. The van der Waals surface area contributed by atoms with Crippen molar-refractivity contribution in [2.75, 3.05) is 12.4 Å². The second kappa shape index (κ2) is 4.17. The molecule has 3 rings (SSSR count). The Kier molecular flexibility index (Phi) is 2.52. The van der Waals surface area contributed by atoms with Gasteiger partial charge in [0.15, 0.2) is 0 Å². The van der Waals surface area contributed by atoms with E-state index >= 15 is 0 Å². The van der Waals surface area contributed by atoms with E-state index in [4.69, 9.17) is 0 Å². The number of hydrogen-bond donors (Lipinski definition) is 1. The van der Waals surface area contributed by atoms with Gasteiger partial charge in [-0.05, 0) is 30.4 Å². The van der Waals surface area contributed by atoms with E-state index in [1.807, 2.05) is 13.2 Å². The number of nitrogens with zero attached hydrogens (tertiary/aromatic N) is 2. The second-order valence-corrected chi connectivity index (χ2v) is 4.33. The Balaban J connectivity index is 2.23. The molecule has 2 aromatic rings. The first-order valence-corrected chi connectivity index (χ1v) is 6.00. The van der Waals surface area contributed by atoms with E-state index in [1.54, 1.807) is 0 Å². The van der Waals surface area contributed by atoms with Crippen molar-refractivity contribution in [3.05, 3.63) is 41.6 Å². The van der Waals surface area contributed by atoms with E-state index in [9.17, 15) is 0 Å². The Bertz CT molecular complexity index is 549. The smallest absolute Gasteiger partial charge is 0.222 e. The van der Waals surface area contributed by atoms with E-state index in [1.165, 1.54) is 23.1 Å². The Hall–Kier alpha value is -1.90. The van der Waals surface area contributed by atoms with Crippen molar-refractivity contribution >= 4 is 5.95 Å². The molecule has 0 spiro atoms. The van der Waals surface area contributed by atoms with Crippen LogP contribution in [0.3, 0.4) is 0 Å². The fourth-order valence-corrected chi connectivity index (χ4v) is 2.38. The molecule has 86 valence electrons. The quantitative estimate of drug-likeness (QED) is 0.810. The zero-order chi connectivity index (χ0) is 11.7. The van der Waals surface area contributed by atoms with Crippen LogP contribution in [0.4, 0.5) is 5.95 Å². The summed E-state index contributed by atoms with van der Waals surface area (Å²) in [5, 5.41) is 3.01. The minimum Gasteiger partial charge on any atom is -0.357 e. The molecule has 0 unspecified atom stereocenters. The van der Waals surface area contributed by atoms with Crippen molar-refractivity contribution < 1.29 is 0 Å². The molecule has 0 amide bonds. The van der Waals surface area contributed by atoms with Crippen molar-refractivity contribution in [3.8, 4) is 11.3 Å². The standard InChI is InChI=1S/C14H15N3/c1-15-14-16-9-11-7-4-6-10-5-2-3-8-12(10)13(11)17-14/h2-3,5,8-9H,4,6-7H2,1H3,(H,15,16,17). The summed E-state index contributed by atoms with van der Waals surface area (Å²) in [6, 6.07) is 8.54. The normalized spacial score (nSPS) is 13.5. The van der Waals surface area contributed by atoms with Gasteiger partial charge >= 0.3 is 0 Å². The second-order valence-electron chi connectivity index (χ2n) is 4.33. The number of benzene rings is 1. The predicted molar refractivity (Wildman–Crippen MR) is 69.0 cm³/mol. The first-order valence-electron chi connectivity index (χ1n) is 6.00. The van der Waals surface area contributed by atoms with Crippen molar-refractivity contribution in [2.24, 2.45) is 0 Å². The SMILES string of the molecule is CNc1ncc2c(n1)-c1ccccc1CCC2. The van der Waals surface area contributed by atoms with Crippen molar-refractivity contribution in [2.45, 2.75) is 19.3 Å². The Morgan fingerprint density at radius 3 is 2.82 bits per heavy atom. The molecular formula is C14H15N3. The first-order chi connectivity index (χ1) is 8.38. The predicted octanol–water partition coefficient (Wildman–Crippen LogP) is 2.67. The molecule has 1 aromatic carbocycles. The van der Waals surface area contributed by atoms with Gasteiger partial charge in [-0.3, -0.25) is 0 Å². The third kappa shape index (κ3) is 1.78. The van der Waals surface area contributed by atoms with E-state index in [-0.39, 0.29) is 0 Å². The number of nitrogens with one attached hydrogen (secondary N) is 1. The maximum atomic E-state index is 4.61. The topological polar surface area (TPSA) is 37.8 Å². The highest BCUT2D eigenvalue weighted by Gasteiger charge is 2.15. The third-order valence-electron chi connectivity index (χ3n) is 3.25. The molecule has 0 radical (unpaired) electrons. The molecule has 3 nitrogen and oxygen atoms in total. The lowest BCUT2D eigenvalue weighted by Crippen LogP contribution is -2.00. The monoisotopic (exact) mass is 225 g/mol. The summed E-state index contributed by atoms with van der Waals surface area (Å²) in [7, 11) is 1.85. The fourth-order valence-electron chi connectivity index (χ4n) is 2.38. The van der Waals surface area contributed by atoms with E-state index in [2.05, 4.69) is 39.6 Å². The highest BCUT2D eigenvalue weighted by Crippen LogP contribution is 2.30. The molecule has 17 heavy (non-hydrogen) atoms. The number of aromatic nitrogens is 2. The van der Waals surface area contributed by atoms with Gasteiger partial charge in [0.25, 0.3) is 0 Å². The van der Waals surface area contributed by atoms with Gasteiger partial charge in [0.1, 0.15) is 0 Å². The summed E-state index contributed by atoms with van der Waals surface area (Å²) in [5.74, 6) is 0.695. The molecule has 0 bridgehead atoms. The zero-order valence-corrected chi connectivity index (χ0v) is 9.90. The van der Waals surface area contributed by atoms with E-state index in [0.717, 1.165) is 18.5 Å². The summed E-state index contributed by atoms with van der Waals surface area (Å²) < 4.78 is 0. The molecule has 0 saturated carbocycles. The number of aryl methyl sites for hydroxylation is 2. The van der Waals surface area contributed by atoms with Gasteiger partial charge in [-0.15, -0.1) is 0 Å². The first kappa shape index (κ1) is 10.3. The summed E-state index contributed by atoms with van der Waals surface area (Å²) in [6.45, 7) is 0. The summed E-state index contributed by atoms with van der Waals surface area (Å²) >= 11 is 0. The molecule has 0 fully saturated rings. The molecule has 3 heteroatoms. The lowest BCUT2D eigenvalue weighted by atomic mass is 10.0. The van der Waals surface area contributed by atoms with Crippen LogP contribution in [0.2, 0.25) is 0 Å². The highest BCUT2D eigenvalue weighted by atomic mass is 15.1. The molecule has 0 atom stereocenters. The number of fused-ring (bicyclic) bond motifs is 3. The van der Waals surface area contributed by atoms with Crippen molar-refractivity contribution in [3.63, 3.8) is 0 Å². The molecule has 1 aromatic heterocycles. The van der Waals surface area contributed by atoms with Gasteiger partial charge in [-0.2, -0.15) is 0 Å². The maximum absolute atomic E-state index is 4.61. The minimum atomic E-state index is 0.695. The van der Waals surface area contributed by atoms with Gasteiger partial charge in [-0.1, -0.05) is 24.3 Å². The Labute approximate surface area is 101 Å². The van der Waals surface area contributed by atoms with Crippen LogP contribution in [0.25, 0.3) is 11.3 Å². The lowest BCUT2D eigenvalue weighted by Gasteiger charge is -2.09. The van der Waals surface area contributed by atoms with Crippen LogP contribution in [0.1, 0.15) is 17.5 Å². The van der Waals surface area contributed by atoms with Gasteiger partial charge in [0.2, 0.25) is 5.95 Å². The lowest BCUT2D eigenvalue weighted by molar-refractivity contribution is 0.829. The third-order valence-corrected chi connectivity index (χ3v) is 3.25. The number of anilines is 1. The van der Waals surface area contributed by atoms with Gasteiger partial charge in [-0.25, -0.2) is 9.97 Å². The van der Waals surface area contributed by atoms with Gasteiger partial charge in [0.05, 0.1) is 5.69 Å². The van der Waals surface area contributed by atoms with Crippen LogP contribution in [0, 0.1) is 0 Å². The van der Waals surface area contributed by atoms with Crippen molar-refractivity contribution in [1.29, 1.82) is 0 Å². The van der Waals surface area contributed by atoms with Crippen LogP contribution in [-0.4, -0.2) is 17.0 Å². The summed E-state index contributed by atoms with van der Waals surface area (Å²) in [4.78, 5) is 8.91. The summed E-state index contributed by atoms with van der Waals surface area (Å²) in [5.41, 5.74) is 5.01. The van der Waals surface area contributed by atoms with Crippen molar-refractivity contribution in [1.82, 2.24) is 9.97 Å². The highest BCUT2D eigenvalue weighted by molar-refractivity contribution is 5.68. The van der Waals surface area contributed by atoms with Crippen LogP contribution in [0.5, 0.6) is 0 Å². The minimum absolute atomic E-state index is 0.695. The van der Waals surface area contributed by atoms with E-state index < -0.39 is 0 Å². The number of rotatable bonds is 1. The van der Waals surface area contributed by atoms with Gasteiger partial charge in [0, 0.05) is 18.8 Å². The fraction of sp³-hybridized carbons (Fsp3) is 0.286. The average molecular weight is 225 g/mol. The van der Waals surface area contributed by atoms with Crippen LogP contribution >= 0.6 is 0 Å². The van der Waals surface area contributed by atoms with Crippen LogP contribution in [0.15, 0.2) is 30.5 Å². The number of hydrogen-bond acceptors (Lipinski definition) is 3. The molecule has 0 aliphatic heterocycles. The van der Waals surface area contributed by atoms with Gasteiger partial charge < -0.3 is 5.32 Å². The largest absolute Gasteiger partial charge is 0.357 e. The molecule has 1 N–H and O–H groups in total. The van der Waals surface area contributed by atoms with Crippen LogP contribution in [-0.2, 0) is 12.8 Å². The summed E-state index contributed by atoms with van der Waals surface area (Å²) in [6.07, 6.45) is 5.32. The Morgan fingerprint density at radius 1 is 1.12 bits per heavy atom. The van der Waals surface area contributed by atoms with Crippen LogP contribution < -0.4 is 5.32 Å². The molecule has 0 saturated heterocycles. The molecule has 1 heterocycles. The Morgan fingerprint density at radius 2 is 1.94 bits per heavy atom.